The predicted molar refractivity (Wildman–Crippen MR) is 58.4 cm³/mol. The van der Waals surface area contributed by atoms with E-state index in [0.717, 1.165) is 18.2 Å². The van der Waals surface area contributed by atoms with Crippen molar-refractivity contribution < 1.29 is 0 Å². The lowest BCUT2D eigenvalue weighted by Gasteiger charge is -2.18. The van der Waals surface area contributed by atoms with Crippen LogP contribution in [0.1, 0.15) is 12.6 Å². The second-order valence-corrected chi connectivity index (χ2v) is 4.72. The summed E-state index contributed by atoms with van der Waals surface area (Å²) in [6, 6.07) is 1.90. The van der Waals surface area contributed by atoms with Crippen LogP contribution in [0.2, 0.25) is 0 Å². The lowest BCUT2D eigenvalue weighted by atomic mass is 10.4. The summed E-state index contributed by atoms with van der Waals surface area (Å²) in [5.41, 5.74) is 0.999. The molecule has 0 aliphatic rings. The normalized spacial score (nSPS) is 12.6. The SMILES string of the molecule is Cc1ccnc(N(C)CC(C)Br)n1. The van der Waals surface area contributed by atoms with Gasteiger partial charge >= 0.3 is 0 Å². The van der Waals surface area contributed by atoms with Crippen molar-refractivity contribution in [3.8, 4) is 0 Å². The van der Waals surface area contributed by atoms with E-state index in [9.17, 15) is 0 Å². The van der Waals surface area contributed by atoms with E-state index in [1.54, 1.807) is 6.20 Å². The first kappa shape index (κ1) is 10.4. The summed E-state index contributed by atoms with van der Waals surface area (Å²) in [4.78, 5) is 11.0. The van der Waals surface area contributed by atoms with E-state index in [-0.39, 0.29) is 0 Å². The molecule has 1 atom stereocenters. The van der Waals surface area contributed by atoms with Crippen molar-refractivity contribution in [3.63, 3.8) is 0 Å². The zero-order chi connectivity index (χ0) is 9.84. The third kappa shape index (κ3) is 3.30. The average Bonchev–Trinajstić information content (AvgIpc) is 2.03. The lowest BCUT2D eigenvalue weighted by Crippen LogP contribution is -2.25. The molecule has 0 N–H and O–H groups in total. The molecule has 1 aromatic rings. The molecule has 0 amide bonds. The fourth-order valence-corrected chi connectivity index (χ4v) is 1.51. The van der Waals surface area contributed by atoms with Gasteiger partial charge < -0.3 is 4.90 Å². The van der Waals surface area contributed by atoms with E-state index in [1.807, 2.05) is 24.9 Å². The van der Waals surface area contributed by atoms with E-state index in [1.165, 1.54) is 0 Å². The third-order valence-electron chi connectivity index (χ3n) is 1.65. The minimum absolute atomic E-state index is 0.446. The van der Waals surface area contributed by atoms with Crippen molar-refractivity contribution in [1.29, 1.82) is 0 Å². The number of rotatable bonds is 3. The van der Waals surface area contributed by atoms with Gasteiger partial charge in [-0.05, 0) is 13.0 Å². The summed E-state index contributed by atoms with van der Waals surface area (Å²) < 4.78 is 0. The minimum atomic E-state index is 0.446. The van der Waals surface area contributed by atoms with Gasteiger partial charge in [0.15, 0.2) is 0 Å². The van der Waals surface area contributed by atoms with Crippen LogP contribution in [0, 0.1) is 6.92 Å². The molecule has 1 unspecified atom stereocenters. The molecule has 13 heavy (non-hydrogen) atoms. The Bertz CT molecular complexity index is 275. The standard InChI is InChI=1S/C9H14BrN3/c1-7(10)6-13(3)9-11-5-4-8(2)12-9/h4-5,7H,6H2,1-3H3. The van der Waals surface area contributed by atoms with Gasteiger partial charge in [0.1, 0.15) is 0 Å². The van der Waals surface area contributed by atoms with Crippen LogP contribution in [0.15, 0.2) is 12.3 Å². The number of alkyl halides is 1. The van der Waals surface area contributed by atoms with E-state index in [2.05, 4.69) is 32.8 Å². The summed E-state index contributed by atoms with van der Waals surface area (Å²) in [5, 5.41) is 0. The van der Waals surface area contributed by atoms with Gasteiger partial charge in [-0.25, -0.2) is 9.97 Å². The topological polar surface area (TPSA) is 29.0 Å². The maximum absolute atomic E-state index is 4.32. The number of hydrogen-bond donors (Lipinski definition) is 0. The molecule has 0 radical (unpaired) electrons. The van der Waals surface area contributed by atoms with Gasteiger partial charge in [0.25, 0.3) is 0 Å². The number of hydrogen-bond acceptors (Lipinski definition) is 3. The number of anilines is 1. The summed E-state index contributed by atoms with van der Waals surface area (Å²) in [5.74, 6) is 0.784. The Morgan fingerprint density at radius 2 is 2.31 bits per heavy atom. The molecule has 0 fully saturated rings. The molecule has 72 valence electrons. The lowest BCUT2D eigenvalue weighted by molar-refractivity contribution is 0.834. The summed E-state index contributed by atoms with van der Waals surface area (Å²) in [6.07, 6.45) is 1.78. The highest BCUT2D eigenvalue weighted by Crippen LogP contribution is 2.08. The molecule has 0 spiro atoms. The van der Waals surface area contributed by atoms with E-state index >= 15 is 0 Å². The molecule has 1 aromatic heterocycles. The Hall–Kier alpha value is -0.640. The van der Waals surface area contributed by atoms with Crippen LogP contribution < -0.4 is 4.90 Å². The molecule has 0 saturated heterocycles. The highest BCUT2D eigenvalue weighted by Gasteiger charge is 2.06. The summed E-state index contributed by atoms with van der Waals surface area (Å²) >= 11 is 3.49. The summed E-state index contributed by atoms with van der Waals surface area (Å²) in [6.45, 7) is 4.98. The highest BCUT2D eigenvalue weighted by atomic mass is 79.9. The van der Waals surface area contributed by atoms with Gasteiger partial charge in [-0.1, -0.05) is 22.9 Å². The van der Waals surface area contributed by atoms with Crippen LogP contribution in [-0.2, 0) is 0 Å². The predicted octanol–water partition coefficient (Wildman–Crippen LogP) is 2.00. The van der Waals surface area contributed by atoms with Gasteiger partial charge in [0.2, 0.25) is 5.95 Å². The smallest absolute Gasteiger partial charge is 0.225 e. The third-order valence-corrected chi connectivity index (χ3v) is 1.94. The van der Waals surface area contributed by atoms with Crippen molar-refractivity contribution in [3.05, 3.63) is 18.0 Å². The van der Waals surface area contributed by atoms with Gasteiger partial charge in [0, 0.05) is 30.3 Å². The quantitative estimate of drug-likeness (QED) is 0.761. The first-order valence-electron chi connectivity index (χ1n) is 4.24. The van der Waals surface area contributed by atoms with Crippen molar-refractivity contribution in [2.24, 2.45) is 0 Å². The maximum Gasteiger partial charge on any atom is 0.225 e. The number of nitrogens with zero attached hydrogens (tertiary/aromatic N) is 3. The van der Waals surface area contributed by atoms with Crippen LogP contribution >= 0.6 is 15.9 Å². The first-order chi connectivity index (χ1) is 6.09. The molecular formula is C9H14BrN3. The molecule has 4 heteroatoms. The van der Waals surface area contributed by atoms with Gasteiger partial charge in [0.05, 0.1) is 0 Å². The van der Waals surface area contributed by atoms with Crippen LogP contribution in [0.3, 0.4) is 0 Å². The molecule has 0 saturated carbocycles. The second-order valence-electron chi connectivity index (χ2n) is 3.16. The Morgan fingerprint density at radius 1 is 1.62 bits per heavy atom. The zero-order valence-electron chi connectivity index (χ0n) is 8.16. The minimum Gasteiger partial charge on any atom is -0.343 e. The molecular weight excluding hydrogens is 230 g/mol. The first-order valence-corrected chi connectivity index (χ1v) is 5.16. The van der Waals surface area contributed by atoms with Crippen molar-refractivity contribution in [2.45, 2.75) is 18.7 Å². The second kappa shape index (κ2) is 4.56. The number of aromatic nitrogens is 2. The van der Waals surface area contributed by atoms with Crippen molar-refractivity contribution in [1.82, 2.24) is 9.97 Å². The fourth-order valence-electron chi connectivity index (χ4n) is 1.08. The maximum atomic E-state index is 4.32. The monoisotopic (exact) mass is 243 g/mol. The molecule has 0 aliphatic heterocycles. The Balaban J connectivity index is 2.71. The van der Waals surface area contributed by atoms with E-state index in [4.69, 9.17) is 0 Å². The van der Waals surface area contributed by atoms with Crippen molar-refractivity contribution in [2.75, 3.05) is 18.5 Å². The molecule has 0 bridgehead atoms. The van der Waals surface area contributed by atoms with Crippen molar-refractivity contribution >= 4 is 21.9 Å². The summed E-state index contributed by atoms with van der Waals surface area (Å²) in [7, 11) is 1.99. The Morgan fingerprint density at radius 3 is 2.85 bits per heavy atom. The van der Waals surface area contributed by atoms with E-state index in [0.29, 0.717) is 4.83 Å². The highest BCUT2D eigenvalue weighted by molar-refractivity contribution is 9.09. The number of aryl methyl sites for hydroxylation is 1. The average molecular weight is 244 g/mol. The number of halogens is 1. The molecule has 3 nitrogen and oxygen atoms in total. The largest absolute Gasteiger partial charge is 0.343 e. The van der Waals surface area contributed by atoms with Crippen LogP contribution in [0.25, 0.3) is 0 Å². The van der Waals surface area contributed by atoms with Gasteiger partial charge in [-0.15, -0.1) is 0 Å². The molecule has 1 rings (SSSR count). The molecule has 1 heterocycles. The zero-order valence-corrected chi connectivity index (χ0v) is 9.74. The molecule has 0 aromatic carbocycles. The van der Waals surface area contributed by atoms with Gasteiger partial charge in [-0.3, -0.25) is 0 Å². The Labute approximate surface area is 87.3 Å². The van der Waals surface area contributed by atoms with E-state index < -0.39 is 0 Å². The van der Waals surface area contributed by atoms with Gasteiger partial charge in [-0.2, -0.15) is 0 Å². The van der Waals surface area contributed by atoms with Crippen LogP contribution in [-0.4, -0.2) is 28.4 Å². The molecule has 0 aliphatic carbocycles. The fraction of sp³-hybridized carbons (Fsp3) is 0.556. The van der Waals surface area contributed by atoms with Crippen LogP contribution in [0.5, 0.6) is 0 Å². The van der Waals surface area contributed by atoms with Crippen LogP contribution in [0.4, 0.5) is 5.95 Å². The Kier molecular flexibility index (Phi) is 3.66.